The van der Waals surface area contributed by atoms with Crippen LogP contribution in [0.2, 0.25) is 0 Å². The highest BCUT2D eigenvalue weighted by Gasteiger charge is 2.29. The van der Waals surface area contributed by atoms with Crippen LogP contribution in [0.4, 0.5) is 0 Å². The summed E-state index contributed by atoms with van der Waals surface area (Å²) in [5, 5.41) is 3.76. The average Bonchev–Trinajstić information content (AvgIpc) is 3.08. The molecule has 5 heteroatoms. The van der Waals surface area contributed by atoms with Gasteiger partial charge >= 0.3 is 0 Å². The number of amides is 1. The first-order valence-corrected chi connectivity index (χ1v) is 7.79. The van der Waals surface area contributed by atoms with Crippen LogP contribution in [-0.2, 0) is 11.3 Å². The highest BCUT2D eigenvalue weighted by Crippen LogP contribution is 2.36. The molecule has 1 aromatic carbocycles. The van der Waals surface area contributed by atoms with Crippen LogP contribution in [-0.4, -0.2) is 28.0 Å². The topological polar surface area (TPSA) is 59.2 Å². The van der Waals surface area contributed by atoms with Gasteiger partial charge in [-0.3, -0.25) is 4.79 Å². The third-order valence-electron chi connectivity index (χ3n) is 4.51. The van der Waals surface area contributed by atoms with Crippen molar-refractivity contribution < 1.29 is 9.32 Å². The lowest BCUT2D eigenvalue weighted by Crippen LogP contribution is -2.34. The van der Waals surface area contributed by atoms with Crippen molar-refractivity contribution in [2.24, 2.45) is 5.92 Å². The summed E-state index contributed by atoms with van der Waals surface area (Å²) in [7, 11) is 1.81. The molecule has 0 bridgehead atoms. The van der Waals surface area contributed by atoms with Gasteiger partial charge in [-0.2, -0.15) is 4.98 Å². The van der Waals surface area contributed by atoms with Crippen molar-refractivity contribution in [2.75, 3.05) is 7.05 Å². The van der Waals surface area contributed by atoms with Gasteiger partial charge in [-0.1, -0.05) is 35.5 Å². The minimum Gasteiger partial charge on any atom is -0.343 e. The Morgan fingerprint density at radius 1 is 1.23 bits per heavy atom. The molecule has 1 aliphatic rings. The third kappa shape index (κ3) is 3.35. The molecular weight excluding hydrogens is 278 g/mol. The van der Waals surface area contributed by atoms with Crippen molar-refractivity contribution in [3.63, 3.8) is 0 Å². The van der Waals surface area contributed by atoms with Gasteiger partial charge in [0.05, 0.1) is 6.54 Å². The van der Waals surface area contributed by atoms with Crippen molar-refractivity contribution in [3.8, 4) is 0 Å². The standard InChI is InChI=1S/C17H21N3O2/c1-20(11-16-18-12-22-19-16)17(21)15-9-7-14(8-10-15)13-5-3-2-4-6-13/h2-6,12,14-15H,7-11H2,1H3. The number of nitrogens with zero attached hydrogens (tertiary/aromatic N) is 3. The number of hydrogen-bond donors (Lipinski definition) is 0. The highest BCUT2D eigenvalue weighted by molar-refractivity contribution is 5.78. The first-order valence-electron chi connectivity index (χ1n) is 7.79. The Morgan fingerprint density at radius 3 is 2.59 bits per heavy atom. The average molecular weight is 299 g/mol. The molecule has 116 valence electrons. The summed E-state index contributed by atoms with van der Waals surface area (Å²) in [6, 6.07) is 10.6. The van der Waals surface area contributed by atoms with E-state index in [0.29, 0.717) is 18.3 Å². The van der Waals surface area contributed by atoms with Crippen molar-refractivity contribution in [1.29, 1.82) is 0 Å². The van der Waals surface area contributed by atoms with Crippen LogP contribution in [0, 0.1) is 5.92 Å². The quantitative estimate of drug-likeness (QED) is 0.870. The minimum absolute atomic E-state index is 0.122. The van der Waals surface area contributed by atoms with E-state index < -0.39 is 0 Å². The summed E-state index contributed by atoms with van der Waals surface area (Å²) < 4.78 is 4.70. The first kappa shape index (κ1) is 14.8. The van der Waals surface area contributed by atoms with Crippen LogP contribution in [0.5, 0.6) is 0 Å². The largest absolute Gasteiger partial charge is 0.343 e. The van der Waals surface area contributed by atoms with Gasteiger partial charge in [-0.15, -0.1) is 0 Å². The van der Waals surface area contributed by atoms with E-state index in [4.69, 9.17) is 4.52 Å². The van der Waals surface area contributed by atoms with Gasteiger partial charge in [0.2, 0.25) is 12.3 Å². The molecule has 2 aromatic rings. The molecule has 22 heavy (non-hydrogen) atoms. The molecular formula is C17H21N3O2. The van der Waals surface area contributed by atoms with Gasteiger partial charge in [-0.05, 0) is 37.2 Å². The van der Waals surface area contributed by atoms with E-state index in [1.807, 2.05) is 13.1 Å². The third-order valence-corrected chi connectivity index (χ3v) is 4.51. The molecule has 1 aliphatic carbocycles. The lowest BCUT2D eigenvalue weighted by molar-refractivity contribution is -0.136. The lowest BCUT2D eigenvalue weighted by Gasteiger charge is -2.30. The maximum Gasteiger partial charge on any atom is 0.225 e. The molecule has 0 spiro atoms. The summed E-state index contributed by atoms with van der Waals surface area (Å²) in [6.07, 6.45) is 5.36. The van der Waals surface area contributed by atoms with Gasteiger partial charge in [0, 0.05) is 13.0 Å². The molecule has 5 nitrogen and oxygen atoms in total. The normalized spacial score (nSPS) is 21.5. The molecule has 0 saturated heterocycles. The van der Waals surface area contributed by atoms with Crippen molar-refractivity contribution in [1.82, 2.24) is 15.0 Å². The fourth-order valence-corrected chi connectivity index (χ4v) is 3.26. The molecule has 3 rings (SSSR count). The monoisotopic (exact) mass is 299 g/mol. The van der Waals surface area contributed by atoms with Gasteiger partial charge in [-0.25, -0.2) is 0 Å². The number of rotatable bonds is 4. The Bertz CT molecular complexity index is 590. The molecule has 1 aromatic heterocycles. The smallest absolute Gasteiger partial charge is 0.225 e. The van der Waals surface area contributed by atoms with Crippen LogP contribution in [0.15, 0.2) is 41.2 Å². The van der Waals surface area contributed by atoms with E-state index in [2.05, 4.69) is 34.4 Å². The zero-order valence-corrected chi connectivity index (χ0v) is 12.8. The summed E-state index contributed by atoms with van der Waals surface area (Å²) in [6.45, 7) is 0.411. The second-order valence-electron chi connectivity index (χ2n) is 6.00. The highest BCUT2D eigenvalue weighted by atomic mass is 16.5. The van der Waals surface area contributed by atoms with E-state index in [0.717, 1.165) is 25.7 Å². The molecule has 0 radical (unpaired) electrons. The van der Waals surface area contributed by atoms with Gasteiger partial charge in [0.25, 0.3) is 0 Å². The molecule has 1 fully saturated rings. The van der Waals surface area contributed by atoms with E-state index >= 15 is 0 Å². The van der Waals surface area contributed by atoms with E-state index in [9.17, 15) is 4.79 Å². The van der Waals surface area contributed by atoms with E-state index in [-0.39, 0.29) is 11.8 Å². The molecule has 0 aliphatic heterocycles. The van der Waals surface area contributed by atoms with Crippen LogP contribution in [0.3, 0.4) is 0 Å². The maximum atomic E-state index is 12.5. The molecule has 1 amide bonds. The van der Waals surface area contributed by atoms with Gasteiger partial charge in [0.1, 0.15) is 0 Å². The van der Waals surface area contributed by atoms with Crippen molar-refractivity contribution >= 4 is 5.91 Å². The number of benzene rings is 1. The zero-order chi connectivity index (χ0) is 15.4. The molecule has 1 heterocycles. The number of hydrogen-bond acceptors (Lipinski definition) is 4. The predicted octanol–water partition coefficient (Wildman–Crippen LogP) is 3.00. The Morgan fingerprint density at radius 2 is 1.95 bits per heavy atom. The van der Waals surface area contributed by atoms with Crippen LogP contribution < -0.4 is 0 Å². The van der Waals surface area contributed by atoms with Crippen LogP contribution in [0.25, 0.3) is 0 Å². The summed E-state index contributed by atoms with van der Waals surface area (Å²) >= 11 is 0. The van der Waals surface area contributed by atoms with Crippen molar-refractivity contribution in [3.05, 3.63) is 48.1 Å². The number of carbonyl (C=O) groups is 1. The Labute approximate surface area is 130 Å². The van der Waals surface area contributed by atoms with Crippen LogP contribution >= 0.6 is 0 Å². The number of carbonyl (C=O) groups excluding carboxylic acids is 1. The van der Waals surface area contributed by atoms with Crippen LogP contribution in [0.1, 0.15) is 43.0 Å². The fraction of sp³-hybridized carbons (Fsp3) is 0.471. The molecule has 0 unspecified atom stereocenters. The Balaban J connectivity index is 1.53. The first-order chi connectivity index (χ1) is 10.7. The van der Waals surface area contributed by atoms with E-state index in [1.54, 1.807) is 4.90 Å². The zero-order valence-electron chi connectivity index (χ0n) is 12.8. The van der Waals surface area contributed by atoms with Gasteiger partial charge in [0.15, 0.2) is 5.82 Å². The maximum absolute atomic E-state index is 12.5. The SMILES string of the molecule is CN(Cc1ncon1)C(=O)C1CCC(c2ccccc2)CC1. The fourth-order valence-electron chi connectivity index (χ4n) is 3.26. The molecule has 0 atom stereocenters. The molecule has 0 N–H and O–H groups in total. The predicted molar refractivity (Wildman–Crippen MR) is 81.9 cm³/mol. The second-order valence-corrected chi connectivity index (χ2v) is 6.00. The minimum atomic E-state index is 0.122. The van der Waals surface area contributed by atoms with E-state index in [1.165, 1.54) is 12.0 Å². The van der Waals surface area contributed by atoms with Crippen molar-refractivity contribution in [2.45, 2.75) is 38.1 Å². The lowest BCUT2D eigenvalue weighted by atomic mass is 9.78. The number of aromatic nitrogens is 2. The summed E-state index contributed by atoms with van der Waals surface area (Å²) in [5.41, 5.74) is 1.40. The molecule has 1 saturated carbocycles. The summed E-state index contributed by atoms with van der Waals surface area (Å²) in [4.78, 5) is 18.2. The Kier molecular flexibility index (Phi) is 4.51. The second kappa shape index (κ2) is 6.73. The Hall–Kier alpha value is -2.17. The summed E-state index contributed by atoms with van der Waals surface area (Å²) in [5.74, 6) is 1.45. The van der Waals surface area contributed by atoms with Gasteiger partial charge < -0.3 is 9.42 Å².